The molecule has 0 radical (unpaired) electrons. The molecule has 1 aromatic carbocycles. The van der Waals surface area contributed by atoms with E-state index in [-0.39, 0.29) is 0 Å². The highest BCUT2D eigenvalue weighted by atomic mass is 16.5. The second kappa shape index (κ2) is 6.06. The number of hydrogen-bond donors (Lipinski definition) is 0. The highest BCUT2D eigenvalue weighted by molar-refractivity contribution is 5.28. The number of likely N-dealkylation sites (tertiary alicyclic amines) is 1. The molecule has 0 spiro atoms. The van der Waals surface area contributed by atoms with E-state index in [4.69, 9.17) is 4.74 Å². The van der Waals surface area contributed by atoms with Crippen LogP contribution in [0.2, 0.25) is 0 Å². The minimum Gasteiger partial charge on any atom is -0.497 e. The van der Waals surface area contributed by atoms with E-state index in [0.717, 1.165) is 18.1 Å². The normalized spacial score (nSPS) is 18.2. The van der Waals surface area contributed by atoms with Gasteiger partial charge >= 0.3 is 0 Å². The van der Waals surface area contributed by atoms with Crippen LogP contribution in [0.1, 0.15) is 25.3 Å². The summed E-state index contributed by atoms with van der Waals surface area (Å²) in [5, 5.41) is 0. The summed E-state index contributed by atoms with van der Waals surface area (Å²) in [6, 6.07) is 8.42. The Morgan fingerprint density at radius 2 is 2.06 bits per heavy atom. The van der Waals surface area contributed by atoms with Crippen molar-refractivity contribution in [3.63, 3.8) is 0 Å². The molecule has 0 atom stereocenters. The Bertz CT molecular complexity index is 343. The molecular formula is C15H23NO. The molecule has 2 heteroatoms. The van der Waals surface area contributed by atoms with Crippen LogP contribution in [-0.2, 0) is 6.42 Å². The lowest BCUT2D eigenvalue weighted by Crippen LogP contribution is -2.34. The number of ether oxygens (including phenoxy) is 1. The summed E-state index contributed by atoms with van der Waals surface area (Å²) in [6.07, 6.45) is 3.85. The topological polar surface area (TPSA) is 12.5 Å². The van der Waals surface area contributed by atoms with E-state index in [9.17, 15) is 0 Å². The van der Waals surface area contributed by atoms with Gasteiger partial charge in [-0.15, -0.1) is 0 Å². The molecule has 17 heavy (non-hydrogen) atoms. The highest BCUT2D eigenvalue weighted by Crippen LogP contribution is 2.17. The molecule has 0 N–H and O–H groups in total. The van der Waals surface area contributed by atoms with Crippen molar-refractivity contribution in [2.75, 3.05) is 26.7 Å². The summed E-state index contributed by atoms with van der Waals surface area (Å²) in [5.41, 5.74) is 1.38. The van der Waals surface area contributed by atoms with Gasteiger partial charge in [0.1, 0.15) is 5.75 Å². The second-order valence-corrected chi connectivity index (χ2v) is 5.13. The number of methoxy groups -OCH3 is 1. The van der Waals surface area contributed by atoms with Crippen LogP contribution in [0.15, 0.2) is 24.3 Å². The summed E-state index contributed by atoms with van der Waals surface area (Å²) < 4.78 is 5.25. The SMILES string of the molecule is COc1cccc(CCN2CCC(C)CC2)c1. The monoisotopic (exact) mass is 233 g/mol. The van der Waals surface area contributed by atoms with Gasteiger partial charge in [-0.2, -0.15) is 0 Å². The zero-order valence-electron chi connectivity index (χ0n) is 11.0. The molecule has 0 amide bonds. The van der Waals surface area contributed by atoms with Crippen molar-refractivity contribution < 1.29 is 4.74 Å². The van der Waals surface area contributed by atoms with Gasteiger partial charge in [0.25, 0.3) is 0 Å². The number of piperidine rings is 1. The van der Waals surface area contributed by atoms with Gasteiger partial charge in [0.15, 0.2) is 0 Å². The Labute approximate surface area is 105 Å². The van der Waals surface area contributed by atoms with Crippen molar-refractivity contribution in [2.45, 2.75) is 26.2 Å². The fourth-order valence-electron chi connectivity index (χ4n) is 2.40. The van der Waals surface area contributed by atoms with Gasteiger partial charge in [-0.1, -0.05) is 19.1 Å². The molecular weight excluding hydrogens is 210 g/mol. The first kappa shape index (κ1) is 12.4. The summed E-state index contributed by atoms with van der Waals surface area (Å²) in [5.74, 6) is 1.89. The lowest BCUT2D eigenvalue weighted by molar-refractivity contribution is 0.194. The Hall–Kier alpha value is -1.02. The van der Waals surface area contributed by atoms with Crippen molar-refractivity contribution in [3.8, 4) is 5.75 Å². The van der Waals surface area contributed by atoms with Crippen molar-refractivity contribution >= 4 is 0 Å². The summed E-state index contributed by atoms with van der Waals surface area (Å²) in [7, 11) is 1.73. The Morgan fingerprint density at radius 1 is 1.29 bits per heavy atom. The smallest absolute Gasteiger partial charge is 0.119 e. The molecule has 0 bridgehead atoms. The van der Waals surface area contributed by atoms with E-state index >= 15 is 0 Å². The Balaban J connectivity index is 1.81. The first-order valence-corrected chi connectivity index (χ1v) is 6.63. The first-order valence-electron chi connectivity index (χ1n) is 6.63. The van der Waals surface area contributed by atoms with Crippen LogP contribution in [0.5, 0.6) is 5.75 Å². The fraction of sp³-hybridized carbons (Fsp3) is 0.600. The minimum absolute atomic E-state index is 0.920. The van der Waals surface area contributed by atoms with Crippen molar-refractivity contribution in [1.29, 1.82) is 0 Å². The van der Waals surface area contributed by atoms with Crippen molar-refractivity contribution in [1.82, 2.24) is 4.90 Å². The van der Waals surface area contributed by atoms with E-state index < -0.39 is 0 Å². The lowest BCUT2D eigenvalue weighted by Gasteiger charge is -2.30. The maximum atomic E-state index is 5.25. The molecule has 0 unspecified atom stereocenters. The van der Waals surface area contributed by atoms with Gasteiger partial charge in [-0.3, -0.25) is 0 Å². The first-order chi connectivity index (χ1) is 8.28. The molecule has 1 aromatic rings. The lowest BCUT2D eigenvalue weighted by atomic mass is 9.99. The molecule has 94 valence electrons. The Kier molecular flexibility index (Phi) is 4.43. The van der Waals surface area contributed by atoms with E-state index in [1.807, 2.05) is 6.07 Å². The van der Waals surface area contributed by atoms with E-state index in [1.165, 1.54) is 38.0 Å². The highest BCUT2D eigenvalue weighted by Gasteiger charge is 2.14. The molecule has 1 saturated heterocycles. The average molecular weight is 233 g/mol. The third-order valence-electron chi connectivity index (χ3n) is 3.73. The predicted octanol–water partition coefficient (Wildman–Crippen LogP) is 2.97. The van der Waals surface area contributed by atoms with Crippen LogP contribution in [0.25, 0.3) is 0 Å². The van der Waals surface area contributed by atoms with E-state index in [1.54, 1.807) is 7.11 Å². The van der Waals surface area contributed by atoms with E-state index in [0.29, 0.717) is 0 Å². The molecule has 1 heterocycles. The molecule has 1 aliphatic rings. The van der Waals surface area contributed by atoms with Gasteiger partial charge < -0.3 is 9.64 Å². The minimum atomic E-state index is 0.920. The molecule has 2 rings (SSSR count). The van der Waals surface area contributed by atoms with Crippen LogP contribution < -0.4 is 4.74 Å². The standard InChI is InChI=1S/C15H23NO/c1-13-6-9-16(10-7-13)11-8-14-4-3-5-15(12-14)17-2/h3-5,12-13H,6-11H2,1-2H3. The maximum absolute atomic E-state index is 5.25. The van der Waals surface area contributed by atoms with Gasteiger partial charge in [-0.25, -0.2) is 0 Å². The summed E-state index contributed by atoms with van der Waals surface area (Å²) in [4.78, 5) is 2.58. The molecule has 1 fully saturated rings. The fourth-order valence-corrected chi connectivity index (χ4v) is 2.40. The van der Waals surface area contributed by atoms with Gasteiger partial charge in [0.05, 0.1) is 7.11 Å². The molecule has 0 aliphatic carbocycles. The maximum Gasteiger partial charge on any atom is 0.119 e. The number of benzene rings is 1. The van der Waals surface area contributed by atoms with Crippen molar-refractivity contribution in [3.05, 3.63) is 29.8 Å². The molecule has 2 nitrogen and oxygen atoms in total. The number of nitrogens with zero attached hydrogens (tertiary/aromatic N) is 1. The molecule has 0 aromatic heterocycles. The third-order valence-corrected chi connectivity index (χ3v) is 3.73. The molecule has 1 aliphatic heterocycles. The van der Waals surface area contributed by atoms with Gasteiger partial charge in [-0.05, 0) is 56.0 Å². The summed E-state index contributed by atoms with van der Waals surface area (Å²) in [6.45, 7) is 6.08. The third kappa shape index (κ3) is 3.74. The van der Waals surface area contributed by atoms with Crippen LogP contribution in [-0.4, -0.2) is 31.6 Å². The average Bonchev–Trinajstić information content (AvgIpc) is 2.38. The van der Waals surface area contributed by atoms with Crippen molar-refractivity contribution in [2.24, 2.45) is 5.92 Å². The summed E-state index contributed by atoms with van der Waals surface area (Å²) >= 11 is 0. The van der Waals surface area contributed by atoms with Crippen LogP contribution in [0.3, 0.4) is 0 Å². The quantitative estimate of drug-likeness (QED) is 0.792. The second-order valence-electron chi connectivity index (χ2n) is 5.13. The van der Waals surface area contributed by atoms with Crippen LogP contribution in [0, 0.1) is 5.92 Å². The van der Waals surface area contributed by atoms with E-state index in [2.05, 4.69) is 30.0 Å². The number of hydrogen-bond acceptors (Lipinski definition) is 2. The van der Waals surface area contributed by atoms with Gasteiger partial charge in [0, 0.05) is 6.54 Å². The largest absolute Gasteiger partial charge is 0.497 e. The Morgan fingerprint density at radius 3 is 2.76 bits per heavy atom. The van der Waals surface area contributed by atoms with Gasteiger partial charge in [0.2, 0.25) is 0 Å². The number of rotatable bonds is 4. The van der Waals surface area contributed by atoms with Crippen LogP contribution in [0.4, 0.5) is 0 Å². The van der Waals surface area contributed by atoms with Crippen LogP contribution >= 0.6 is 0 Å². The molecule has 0 saturated carbocycles. The zero-order valence-corrected chi connectivity index (χ0v) is 11.0. The zero-order chi connectivity index (χ0) is 12.1. The predicted molar refractivity (Wildman–Crippen MR) is 71.5 cm³/mol.